The molecule has 352 valence electrons. The molecule has 13 heteroatoms. The number of likely N-dealkylation sites (tertiary alicyclic amines) is 1. The fourth-order valence-electron chi connectivity index (χ4n) is 9.36. The number of carbonyl (C=O) groups is 5. The lowest BCUT2D eigenvalue weighted by Gasteiger charge is -2.41. The van der Waals surface area contributed by atoms with Crippen molar-refractivity contribution in [2.75, 3.05) is 34.9 Å². The first-order valence-corrected chi connectivity index (χ1v) is 23.0. The van der Waals surface area contributed by atoms with Gasteiger partial charge < -0.3 is 35.0 Å². The van der Waals surface area contributed by atoms with E-state index in [1.165, 1.54) is 12.7 Å². The molecule has 1 aliphatic heterocycles. The van der Waals surface area contributed by atoms with Gasteiger partial charge in [-0.05, 0) is 66.7 Å². The lowest BCUT2D eigenvalue weighted by Crippen LogP contribution is -2.60. The first-order chi connectivity index (χ1) is 29.7. The van der Waals surface area contributed by atoms with E-state index in [1.54, 1.807) is 30.9 Å². The highest BCUT2D eigenvalue weighted by Gasteiger charge is 2.43. The second-order valence-electron chi connectivity index (χ2n) is 18.9. The number of hydrogen-bond acceptors (Lipinski definition) is 8. The summed E-state index contributed by atoms with van der Waals surface area (Å²) in [5.41, 5.74) is 3.18. The molecule has 0 aliphatic carbocycles. The van der Waals surface area contributed by atoms with E-state index in [-0.39, 0.29) is 48.3 Å². The van der Waals surface area contributed by atoms with Gasteiger partial charge in [-0.1, -0.05) is 123 Å². The van der Waals surface area contributed by atoms with E-state index in [1.807, 2.05) is 78.9 Å². The second kappa shape index (κ2) is 25.2. The Labute approximate surface area is 378 Å². The van der Waals surface area contributed by atoms with Crippen LogP contribution >= 0.6 is 0 Å². The molecule has 3 rings (SSSR count). The van der Waals surface area contributed by atoms with E-state index >= 15 is 0 Å². The van der Waals surface area contributed by atoms with Gasteiger partial charge in [0.2, 0.25) is 23.6 Å². The van der Waals surface area contributed by atoms with Crippen LogP contribution in [-0.2, 0) is 52.8 Å². The Morgan fingerprint density at radius 2 is 1.44 bits per heavy atom. The van der Waals surface area contributed by atoms with Crippen molar-refractivity contribution in [1.29, 1.82) is 0 Å². The molecule has 1 aliphatic rings. The topological polar surface area (TPSA) is 158 Å². The molecule has 0 unspecified atom stereocenters. The normalized spacial score (nSPS) is 18.1. The number of aliphatic carboxylic acids is 1. The monoisotopic (exact) mass is 878 g/mol. The third-order valence-electron chi connectivity index (χ3n) is 12.8. The van der Waals surface area contributed by atoms with Crippen molar-refractivity contribution in [3.8, 4) is 0 Å². The van der Waals surface area contributed by atoms with E-state index in [4.69, 9.17) is 9.47 Å². The molecule has 1 fully saturated rings. The Morgan fingerprint density at radius 3 is 2.00 bits per heavy atom. The summed E-state index contributed by atoms with van der Waals surface area (Å²) in [5.74, 6) is -2.82. The number of ether oxygens (including phenoxy) is 2. The number of methoxy groups -OCH3 is 2. The summed E-state index contributed by atoms with van der Waals surface area (Å²) in [7, 11) is 6.74. The lowest BCUT2D eigenvalue weighted by molar-refractivity contribution is -0.148. The Balaban J connectivity index is 1.78. The smallest absolute Gasteiger partial charge is 0.326 e. The molecule has 9 atom stereocenters. The number of likely N-dealkylation sites (N-methyl/N-ethyl adjacent to an activating group) is 2. The van der Waals surface area contributed by atoms with E-state index in [2.05, 4.69) is 53.6 Å². The van der Waals surface area contributed by atoms with Gasteiger partial charge in [-0.2, -0.15) is 0 Å². The van der Waals surface area contributed by atoms with Crippen LogP contribution in [0.5, 0.6) is 0 Å². The molecule has 0 bridgehead atoms. The number of carboxylic acid groups (broad SMARTS) is 1. The van der Waals surface area contributed by atoms with Gasteiger partial charge in [0, 0.05) is 40.8 Å². The van der Waals surface area contributed by atoms with E-state index < -0.39 is 60.2 Å². The van der Waals surface area contributed by atoms with Crippen molar-refractivity contribution < 1.29 is 38.6 Å². The zero-order valence-corrected chi connectivity index (χ0v) is 40.4. The Morgan fingerprint density at radius 1 is 0.810 bits per heavy atom. The van der Waals surface area contributed by atoms with Gasteiger partial charge in [-0.15, -0.1) is 0 Å². The summed E-state index contributed by atoms with van der Waals surface area (Å²) in [4.78, 5) is 74.4. The maximum atomic E-state index is 14.6. The molecule has 3 N–H and O–H groups in total. The van der Waals surface area contributed by atoms with Crippen LogP contribution in [0.15, 0.2) is 54.6 Å². The van der Waals surface area contributed by atoms with Crippen LogP contribution in [-0.4, -0.2) is 127 Å². The first kappa shape index (κ1) is 53.0. The fraction of sp³-hybridized carbons (Fsp3) is 0.660. The van der Waals surface area contributed by atoms with Crippen molar-refractivity contribution in [2.24, 2.45) is 29.6 Å². The molecule has 4 amide bonds. The number of benzene rings is 2. The summed E-state index contributed by atoms with van der Waals surface area (Å²) < 4.78 is 12.0. The summed E-state index contributed by atoms with van der Waals surface area (Å²) in [6, 6.07) is 14.2. The lowest BCUT2D eigenvalue weighted by atomic mass is 9.89. The van der Waals surface area contributed by atoms with Gasteiger partial charge in [0.15, 0.2) is 0 Å². The third kappa shape index (κ3) is 14.9. The molecule has 13 nitrogen and oxygen atoms in total. The summed E-state index contributed by atoms with van der Waals surface area (Å²) >= 11 is 0. The quantitative estimate of drug-likeness (QED) is 0.106. The number of rotatable bonds is 25. The third-order valence-corrected chi connectivity index (χ3v) is 12.8. The maximum absolute atomic E-state index is 14.6. The Hall–Kier alpha value is -4.33. The number of hydrogen-bond donors (Lipinski definition) is 3. The first-order valence-electron chi connectivity index (χ1n) is 23.0. The largest absolute Gasteiger partial charge is 0.480 e. The van der Waals surface area contributed by atoms with Crippen molar-refractivity contribution in [3.05, 3.63) is 71.3 Å². The maximum Gasteiger partial charge on any atom is 0.326 e. The van der Waals surface area contributed by atoms with Crippen molar-refractivity contribution in [1.82, 2.24) is 25.3 Å². The molecule has 1 heterocycles. The second-order valence-corrected chi connectivity index (χ2v) is 18.9. The van der Waals surface area contributed by atoms with Gasteiger partial charge in [0.25, 0.3) is 0 Å². The summed E-state index contributed by atoms with van der Waals surface area (Å²) in [6.45, 7) is 19.1. The highest BCUT2D eigenvalue weighted by Crippen LogP contribution is 2.30. The predicted octanol–water partition coefficient (Wildman–Crippen LogP) is 6.21. The van der Waals surface area contributed by atoms with Crippen LogP contribution in [0.2, 0.25) is 0 Å². The van der Waals surface area contributed by atoms with Crippen LogP contribution in [0, 0.1) is 29.6 Å². The minimum Gasteiger partial charge on any atom is -0.480 e. The van der Waals surface area contributed by atoms with Gasteiger partial charge in [0.05, 0.1) is 42.7 Å². The standard InChI is InChI=1S/C50H79N5O8/c1-14-34(8)45(54(11)49(59)43(32(4)5)52-48(58)44(33(6)7)53(10)30-38-23-18-22-37(27-38)26-31(2)3)41(62-12)29-42(56)55-25-19-24-40(55)46(63-13)35(9)47(57)51-39(50(60)61)28-36-20-16-15-17-21-36/h15-18,20-23,27,31-35,39-41,43-46H,14,19,24-26,28-30H2,1-13H3,(H,51,57)(H,52,58)(H,60,61)/t34-,35+,39-,40-,41+,43-,44-,45-,46+/m0/s1. The molecule has 63 heavy (non-hydrogen) atoms. The summed E-state index contributed by atoms with van der Waals surface area (Å²) in [5, 5.41) is 15.8. The molecule has 0 saturated carbocycles. The summed E-state index contributed by atoms with van der Waals surface area (Å²) in [6.07, 6.45) is 1.72. The van der Waals surface area contributed by atoms with Crippen LogP contribution in [0.25, 0.3) is 0 Å². The van der Waals surface area contributed by atoms with Gasteiger partial charge in [0.1, 0.15) is 12.1 Å². The Kier molecular flexibility index (Phi) is 21.2. The molecule has 0 aromatic heterocycles. The van der Waals surface area contributed by atoms with Crippen LogP contribution in [0.3, 0.4) is 0 Å². The molecule has 2 aromatic rings. The van der Waals surface area contributed by atoms with Crippen molar-refractivity contribution in [3.63, 3.8) is 0 Å². The molecule has 0 spiro atoms. The van der Waals surface area contributed by atoms with Gasteiger partial charge in [-0.25, -0.2) is 4.79 Å². The van der Waals surface area contributed by atoms with Crippen LogP contribution < -0.4 is 10.6 Å². The van der Waals surface area contributed by atoms with E-state index in [9.17, 15) is 29.1 Å². The van der Waals surface area contributed by atoms with E-state index in [0.29, 0.717) is 38.3 Å². The number of nitrogens with one attached hydrogen (secondary N) is 2. The molecule has 0 radical (unpaired) electrons. The fourth-order valence-corrected chi connectivity index (χ4v) is 9.36. The number of nitrogens with zero attached hydrogens (tertiary/aromatic N) is 3. The average Bonchev–Trinajstić information content (AvgIpc) is 3.71. The number of carboxylic acids is 1. The zero-order valence-electron chi connectivity index (χ0n) is 40.4. The highest BCUT2D eigenvalue weighted by molar-refractivity contribution is 5.90. The predicted molar refractivity (Wildman–Crippen MR) is 248 cm³/mol. The minimum atomic E-state index is -1.14. The Bertz CT molecular complexity index is 1770. The molecule has 1 saturated heterocycles. The van der Waals surface area contributed by atoms with Crippen molar-refractivity contribution in [2.45, 2.75) is 150 Å². The number of amides is 4. The van der Waals surface area contributed by atoms with Crippen LogP contribution in [0.4, 0.5) is 0 Å². The minimum absolute atomic E-state index is 0.0217. The van der Waals surface area contributed by atoms with E-state index in [0.717, 1.165) is 17.5 Å². The highest BCUT2D eigenvalue weighted by atomic mass is 16.5. The molecular formula is C50H79N5O8. The molecular weight excluding hydrogens is 799 g/mol. The van der Waals surface area contributed by atoms with Gasteiger partial charge in [-0.3, -0.25) is 24.1 Å². The average molecular weight is 878 g/mol. The zero-order chi connectivity index (χ0) is 47.1. The number of carbonyl (C=O) groups excluding carboxylic acids is 4. The molecule has 2 aromatic carbocycles. The van der Waals surface area contributed by atoms with Crippen molar-refractivity contribution >= 4 is 29.6 Å². The van der Waals surface area contributed by atoms with Gasteiger partial charge >= 0.3 is 5.97 Å². The van der Waals surface area contributed by atoms with Crippen LogP contribution in [0.1, 0.15) is 105 Å². The SMILES string of the molecule is CC[C@H](C)[C@@H]([C@@H](CC(=O)N1CCC[C@H]1[C@H](OC)[C@@H](C)C(=O)N[C@@H](Cc1ccccc1)C(=O)O)OC)N(C)C(=O)[C@@H](NC(=O)[C@H](C(C)C)N(C)Cc1cccc(CC(C)C)c1)C(C)C.